The van der Waals surface area contributed by atoms with Gasteiger partial charge in [-0.1, -0.05) is 11.6 Å². The second kappa shape index (κ2) is 10.3. The third-order valence-corrected chi connectivity index (χ3v) is 7.99. The highest BCUT2D eigenvalue weighted by Gasteiger charge is 2.34. The van der Waals surface area contributed by atoms with E-state index in [4.69, 9.17) is 21.1 Å². The van der Waals surface area contributed by atoms with Crippen LogP contribution in [0.4, 0.5) is 4.39 Å². The van der Waals surface area contributed by atoms with Crippen molar-refractivity contribution < 1.29 is 27.1 Å². The minimum absolute atomic E-state index is 0.0351. The second-order valence-electron chi connectivity index (χ2n) is 8.09. The first-order chi connectivity index (χ1) is 16.7. The van der Waals surface area contributed by atoms with Crippen molar-refractivity contribution in [2.75, 3.05) is 13.7 Å². The molecule has 0 saturated heterocycles. The van der Waals surface area contributed by atoms with Crippen molar-refractivity contribution >= 4 is 27.6 Å². The van der Waals surface area contributed by atoms with Crippen molar-refractivity contribution in [3.05, 3.63) is 70.8 Å². The van der Waals surface area contributed by atoms with E-state index in [0.717, 1.165) is 17.3 Å². The maximum Gasteiger partial charge on any atom is 0.327 e. The largest absolute Gasteiger partial charge is 0.465 e. The van der Waals surface area contributed by atoms with Gasteiger partial charge in [-0.25, -0.2) is 12.8 Å². The molecule has 1 aliphatic carbocycles. The average molecular weight is 522 g/mol. The maximum absolute atomic E-state index is 14.8. The minimum Gasteiger partial charge on any atom is -0.465 e. The number of rotatable bonds is 8. The lowest BCUT2D eigenvalue weighted by atomic mass is 9.93. The lowest BCUT2D eigenvalue weighted by Crippen LogP contribution is -2.33. The summed E-state index contributed by atoms with van der Waals surface area (Å²) >= 11 is 5.85. The Morgan fingerprint density at radius 2 is 2.00 bits per heavy atom. The van der Waals surface area contributed by atoms with Crippen LogP contribution in [0.25, 0.3) is 0 Å². The molecule has 11 heteroatoms. The van der Waals surface area contributed by atoms with Crippen molar-refractivity contribution in [3.63, 3.8) is 0 Å². The Morgan fingerprint density at radius 3 is 2.69 bits per heavy atom. The van der Waals surface area contributed by atoms with Crippen molar-refractivity contribution in [1.29, 1.82) is 0 Å². The summed E-state index contributed by atoms with van der Waals surface area (Å²) in [5.74, 6) is -0.941. The van der Waals surface area contributed by atoms with Gasteiger partial charge in [0.25, 0.3) is 0 Å². The summed E-state index contributed by atoms with van der Waals surface area (Å²) in [5.41, 5.74) is 1.53. The Balaban J connectivity index is 1.56. The number of esters is 1. The topological polar surface area (TPSA) is 90.7 Å². The molecule has 0 saturated carbocycles. The molecule has 4 rings (SSSR count). The quantitative estimate of drug-likeness (QED) is 0.398. The number of nitrogens with zero attached hydrogens (tertiary/aromatic N) is 3. The molecule has 0 fully saturated rings. The summed E-state index contributed by atoms with van der Waals surface area (Å²) in [6.07, 6.45) is 3.56. The molecule has 0 radical (unpaired) electrons. The fourth-order valence-electron chi connectivity index (χ4n) is 4.13. The van der Waals surface area contributed by atoms with Gasteiger partial charge in [0.1, 0.15) is 12.3 Å². The fourth-order valence-corrected chi connectivity index (χ4v) is 5.63. The number of aromatic nitrogens is 2. The van der Waals surface area contributed by atoms with Crippen LogP contribution < -0.4 is 4.74 Å². The maximum atomic E-state index is 14.8. The Bertz CT molecular complexity index is 1330. The second-order valence-corrected chi connectivity index (χ2v) is 10.5. The van der Waals surface area contributed by atoms with Crippen LogP contribution in [0, 0.1) is 5.82 Å². The van der Waals surface area contributed by atoms with Gasteiger partial charge in [0.2, 0.25) is 10.0 Å². The van der Waals surface area contributed by atoms with Gasteiger partial charge >= 0.3 is 5.97 Å². The van der Waals surface area contributed by atoms with Crippen molar-refractivity contribution in [1.82, 2.24) is 14.1 Å². The number of halogens is 2. The molecule has 0 aliphatic heterocycles. The molecule has 1 atom stereocenters. The van der Waals surface area contributed by atoms with Crippen molar-refractivity contribution in [3.8, 4) is 11.5 Å². The van der Waals surface area contributed by atoms with E-state index in [-0.39, 0.29) is 23.8 Å². The molecule has 3 aromatic rings. The molecule has 8 nitrogen and oxygen atoms in total. The zero-order valence-electron chi connectivity index (χ0n) is 19.3. The van der Waals surface area contributed by atoms with Crippen LogP contribution in [-0.2, 0) is 32.5 Å². The van der Waals surface area contributed by atoms with Gasteiger partial charge in [-0.15, -0.1) is 0 Å². The predicted octanol–water partition coefficient (Wildman–Crippen LogP) is 4.73. The van der Waals surface area contributed by atoms with E-state index in [1.54, 1.807) is 42.1 Å². The molecule has 1 unspecified atom stereocenters. The molecule has 0 N–H and O–H groups in total. The number of hydrogen-bond acceptors (Lipinski definition) is 6. The first kappa shape index (κ1) is 25.2. The Morgan fingerprint density at radius 1 is 1.26 bits per heavy atom. The Kier molecular flexibility index (Phi) is 7.44. The fraction of sp³-hybridized carbons (Fsp3) is 0.333. The third-order valence-electron chi connectivity index (χ3n) is 5.88. The molecule has 35 heavy (non-hydrogen) atoms. The average Bonchev–Trinajstić information content (AvgIpc) is 3.24. The van der Waals surface area contributed by atoms with Crippen LogP contribution in [0.15, 0.2) is 53.6 Å². The Hall–Kier alpha value is -2.95. The first-order valence-electron chi connectivity index (χ1n) is 11.1. The van der Waals surface area contributed by atoms with Crippen molar-refractivity contribution in [2.24, 2.45) is 0 Å². The van der Waals surface area contributed by atoms with E-state index >= 15 is 0 Å². The normalized spacial score (nSPS) is 15.6. The first-order valence-corrected chi connectivity index (χ1v) is 12.9. The van der Waals surface area contributed by atoms with Crippen LogP contribution in [0.1, 0.15) is 37.1 Å². The summed E-state index contributed by atoms with van der Waals surface area (Å²) in [5, 5.41) is 4.80. The van der Waals surface area contributed by atoms with Crippen molar-refractivity contribution in [2.45, 2.75) is 43.7 Å². The van der Waals surface area contributed by atoms with Gasteiger partial charge in [0.15, 0.2) is 11.6 Å². The van der Waals surface area contributed by atoms with E-state index in [9.17, 15) is 17.6 Å². The van der Waals surface area contributed by atoms with E-state index < -0.39 is 27.9 Å². The van der Waals surface area contributed by atoms with Crippen LogP contribution in [0.3, 0.4) is 0 Å². The number of hydrogen-bond donors (Lipinski definition) is 0. The highest BCUT2D eigenvalue weighted by atomic mass is 35.5. The number of ether oxygens (including phenoxy) is 2. The third kappa shape index (κ3) is 5.34. The summed E-state index contributed by atoms with van der Waals surface area (Å²) < 4.78 is 54.8. The zero-order valence-corrected chi connectivity index (χ0v) is 20.9. The molecular weight excluding hydrogens is 497 g/mol. The minimum atomic E-state index is -4.03. The van der Waals surface area contributed by atoms with Gasteiger partial charge in [-0.05, 0) is 68.7 Å². The summed E-state index contributed by atoms with van der Waals surface area (Å²) in [4.78, 5) is 11.7. The van der Waals surface area contributed by atoms with Gasteiger partial charge in [0.05, 0.1) is 23.7 Å². The molecule has 1 aromatic heterocycles. The molecule has 1 aliphatic rings. The highest BCUT2D eigenvalue weighted by molar-refractivity contribution is 7.89. The SMILES string of the molecule is CCOC(=O)Cn1ncc2c1CCCC2N(C)S(=O)(=O)c1ccc(Oc2ccc(Cl)cc2)c(F)c1. The van der Waals surface area contributed by atoms with Gasteiger partial charge in [-0.3, -0.25) is 9.48 Å². The highest BCUT2D eigenvalue weighted by Crippen LogP contribution is 2.37. The number of sulfonamides is 1. The lowest BCUT2D eigenvalue weighted by molar-refractivity contribution is -0.144. The van der Waals surface area contributed by atoms with Crippen LogP contribution in [0.5, 0.6) is 11.5 Å². The molecule has 0 bridgehead atoms. The lowest BCUT2D eigenvalue weighted by Gasteiger charge is -2.31. The van der Waals surface area contributed by atoms with Crippen LogP contribution in [0.2, 0.25) is 5.02 Å². The standard InChI is InChI=1S/C24H25ClFN3O5S/c1-3-33-24(30)15-29-22-6-4-5-21(19(22)14-27-29)28(2)35(31,32)18-11-12-23(20(26)13-18)34-17-9-7-16(25)8-10-17/h7-14,21H,3-6,15H2,1-2H3. The van der Waals surface area contributed by atoms with E-state index in [1.807, 2.05) is 0 Å². The van der Waals surface area contributed by atoms with Gasteiger partial charge in [-0.2, -0.15) is 9.40 Å². The van der Waals surface area contributed by atoms with Crippen LogP contribution in [-0.4, -0.2) is 42.1 Å². The zero-order chi connectivity index (χ0) is 25.2. The molecule has 186 valence electrons. The van der Waals surface area contributed by atoms with E-state index in [1.165, 1.54) is 23.5 Å². The molecule has 1 heterocycles. The smallest absolute Gasteiger partial charge is 0.327 e. The number of carbonyl (C=O) groups is 1. The molecule has 0 spiro atoms. The number of fused-ring (bicyclic) bond motifs is 1. The van der Waals surface area contributed by atoms with E-state index in [2.05, 4.69) is 5.10 Å². The summed E-state index contributed by atoms with van der Waals surface area (Å²) in [6, 6.07) is 9.44. The monoisotopic (exact) mass is 521 g/mol. The Labute approximate surface area is 208 Å². The summed E-state index contributed by atoms with van der Waals surface area (Å²) in [6.45, 7) is 1.96. The van der Waals surface area contributed by atoms with Gasteiger partial charge < -0.3 is 9.47 Å². The molecular formula is C24H25ClFN3O5S. The molecule has 2 aromatic carbocycles. The number of benzene rings is 2. The van der Waals surface area contributed by atoms with E-state index in [0.29, 0.717) is 30.0 Å². The predicted molar refractivity (Wildman–Crippen MR) is 127 cm³/mol. The number of carbonyl (C=O) groups excluding carboxylic acids is 1. The van der Waals surface area contributed by atoms with Gasteiger partial charge in [0, 0.05) is 23.3 Å². The van der Waals surface area contributed by atoms with Crippen LogP contribution >= 0.6 is 11.6 Å². The molecule has 0 amide bonds. The summed E-state index contributed by atoms with van der Waals surface area (Å²) in [7, 11) is -2.56.